The highest BCUT2D eigenvalue weighted by molar-refractivity contribution is 9.11. The van der Waals surface area contributed by atoms with Gasteiger partial charge in [0.1, 0.15) is 34.5 Å². The number of aldehydes is 2. The van der Waals surface area contributed by atoms with Gasteiger partial charge in [0.2, 0.25) is 0 Å². The summed E-state index contributed by atoms with van der Waals surface area (Å²) in [5.41, 5.74) is 13.7. The van der Waals surface area contributed by atoms with E-state index in [1.807, 2.05) is 180 Å². The number of ketones is 2. The molecule has 0 bridgehead atoms. The van der Waals surface area contributed by atoms with Crippen molar-refractivity contribution in [2.45, 2.75) is 47.2 Å². The number of aliphatic hydroxyl groups is 3. The molecule has 0 radical (unpaired) electrons. The minimum absolute atomic E-state index is 0.0668. The average Bonchev–Trinajstić information content (AvgIpc) is 1.76. The molecule has 0 spiro atoms. The number of carboxylic acids is 1. The van der Waals surface area contributed by atoms with Gasteiger partial charge < -0.3 is 84.1 Å². The second-order valence-electron chi connectivity index (χ2n) is 28.8. The molecule has 0 amide bonds. The summed E-state index contributed by atoms with van der Waals surface area (Å²) in [4.78, 5) is 58.1. The van der Waals surface area contributed by atoms with Crippen molar-refractivity contribution in [3.8, 4) is 34.5 Å². The molecule has 0 aliphatic carbocycles. The van der Waals surface area contributed by atoms with Gasteiger partial charge in [0.25, 0.3) is 0 Å². The Morgan fingerprint density at radius 1 is 0.378 bits per heavy atom. The first-order chi connectivity index (χ1) is 61.2. The van der Waals surface area contributed by atoms with E-state index in [2.05, 4.69) is 104 Å². The van der Waals surface area contributed by atoms with Crippen LogP contribution >= 0.6 is 63.7 Å². The zero-order valence-corrected chi connectivity index (χ0v) is 78.2. The number of hydrogen-bond donors (Lipinski definition) is 8. The van der Waals surface area contributed by atoms with Crippen molar-refractivity contribution in [3.05, 3.63) is 320 Å². The van der Waals surface area contributed by atoms with Crippen molar-refractivity contribution < 1.29 is 92.1 Å². The number of carboxylic acid groups (broad SMARTS) is 1. The first-order valence-electron chi connectivity index (χ1n) is 40.2. The van der Waals surface area contributed by atoms with Crippen LogP contribution in [0.1, 0.15) is 114 Å². The minimum atomic E-state index is -0.933. The van der Waals surface area contributed by atoms with E-state index in [0.717, 1.165) is 136 Å². The Morgan fingerprint density at radius 2 is 0.732 bits per heavy atom. The van der Waals surface area contributed by atoms with Crippen molar-refractivity contribution in [2.24, 2.45) is 0 Å². The van der Waals surface area contributed by atoms with E-state index >= 15 is 0 Å². The number of nitrogens with one attached hydrogen (secondary N) is 3. The average molecular weight is 1980 g/mol. The Kier molecular flexibility index (Phi) is 39.1. The molecule has 22 nitrogen and oxygen atoms in total. The monoisotopic (exact) mass is 1980 g/mol. The molecule has 0 aromatic heterocycles. The Morgan fingerprint density at radius 3 is 1.17 bits per heavy atom. The fraction of sp³-hybridized carbons (Fsp3) is 0.218. The third kappa shape index (κ3) is 29.2. The molecule has 0 unspecified atom stereocenters. The van der Waals surface area contributed by atoms with Crippen molar-refractivity contribution in [1.29, 1.82) is 0 Å². The summed E-state index contributed by atoms with van der Waals surface area (Å²) in [5.74, 6) is 2.60. The van der Waals surface area contributed by atoms with E-state index in [4.69, 9.17) is 63.1 Å². The van der Waals surface area contributed by atoms with Crippen LogP contribution in [0.4, 0.5) is 17.1 Å². The van der Waals surface area contributed by atoms with Gasteiger partial charge in [-0.15, -0.1) is 0 Å². The molecule has 2 aliphatic rings. The standard InChI is InChI=1S/C26H27NO5.C24H23NO4.C12H12BrNO.C11H13BrO3.C10H7BrO.C9H9BrO2.C9H10O3/c1-17-13-22(30-2)16-24(26-31-11-12-32-26)23(17)7-8-25(29)20-4-3-19-15-21(27-9-10-28)6-5-18(19)14-20;1-16-11-22(29-2)14-20(15-27)23(16)7-8-24(28)19-4-3-18-13-21(25-9-10-26)6-5-17(18)12-19;13-11-3-1-10-8-12(14-5-6-15)4-2-9(10)7-11;1-7-5-8(13-2)6-9(10(7)12)11-14-3-4-15-11;11-9-3-1-8-6-10(12)4-2-7(8)5-9;1-6-3-8(12-2)4-7(5-11)9(6)10;1-6-3-7(9(10)11)5-8(4-6)12-2/h3-8,13-16,26-28H,9-12H2,1-2H3;3-8,11-15,25-26H,9-10H2,1-2H3;1-4,7-8,14-15H,5-6H2;5-6,11H,3-4H2,1-2H3;1-6,12H;3-5H,1-2H3;3-5H,1-2H3,(H,10,11)/b2*8-7+;;;;;. The lowest BCUT2D eigenvalue weighted by Gasteiger charge is -2.16. The van der Waals surface area contributed by atoms with Gasteiger partial charge in [0.05, 0.1) is 87.4 Å². The van der Waals surface area contributed by atoms with Crippen molar-refractivity contribution in [3.63, 3.8) is 0 Å². The number of aromatic hydroxyl groups is 1. The highest BCUT2D eigenvalue weighted by Crippen LogP contribution is 2.38. The Labute approximate surface area is 771 Å². The number of carbonyl (C=O) groups excluding carboxylic acids is 4. The number of halogens is 4. The number of aliphatic hydroxyl groups excluding tert-OH is 3. The SMILES string of the molecule is COc1cc(C)c(/C=C/C(=O)c2ccc3cc(NCCO)ccc3c2)c(C2OCCO2)c1.COc1cc(C)c(/C=C/C(=O)c2ccc3cc(NCCO)ccc3c2)c(C=O)c1.COc1cc(C)c(Br)c(C2OCCO2)c1.COc1cc(C)c(Br)c(C=O)c1.COc1cc(C)cc(C(=O)O)c1.OCCNc1ccc2cc(Br)ccc2c1.Oc1ccc2cc(Br)ccc2c1. The summed E-state index contributed by atoms with van der Waals surface area (Å²) in [6.45, 7) is 13.8. The van der Waals surface area contributed by atoms with Crippen LogP contribution in [-0.4, -0.2) is 157 Å². The quantitative estimate of drug-likeness (QED) is 0.0150. The third-order valence-electron chi connectivity index (χ3n) is 19.7. The molecule has 0 atom stereocenters. The number of carbonyl (C=O) groups is 5. The smallest absolute Gasteiger partial charge is 0.335 e. The lowest BCUT2D eigenvalue weighted by Crippen LogP contribution is -2.05. The molecular formula is C101H101Br4N3O19. The van der Waals surface area contributed by atoms with Gasteiger partial charge in [-0.3, -0.25) is 19.2 Å². The highest BCUT2D eigenvalue weighted by atomic mass is 79.9. The topological polar surface area (TPSA) is 306 Å². The number of hydrogen-bond acceptors (Lipinski definition) is 21. The normalized spacial score (nSPS) is 12.2. The number of anilines is 3. The second-order valence-corrected chi connectivity index (χ2v) is 32.2. The number of aryl methyl sites for hydroxylation is 5. The zero-order valence-electron chi connectivity index (χ0n) is 71.9. The fourth-order valence-corrected chi connectivity index (χ4v) is 14.8. The molecule has 13 aromatic carbocycles. The number of fused-ring (bicyclic) bond motifs is 4. The maximum Gasteiger partial charge on any atom is 0.335 e. The van der Waals surface area contributed by atoms with E-state index in [-0.39, 0.29) is 43.2 Å². The molecule has 0 saturated carbocycles. The second kappa shape index (κ2) is 50.1. The molecule has 26 heteroatoms. The maximum atomic E-state index is 12.9. The number of allylic oxidation sites excluding steroid dienone is 2. The summed E-state index contributed by atoms with van der Waals surface area (Å²) in [6.07, 6.45) is 7.40. The number of phenolic OH excluding ortho intramolecular Hbond substituents is 1. The number of phenols is 1. The minimum Gasteiger partial charge on any atom is -0.508 e. The van der Waals surface area contributed by atoms with Crippen LogP contribution in [0.3, 0.4) is 0 Å². The van der Waals surface area contributed by atoms with Crippen LogP contribution < -0.4 is 39.6 Å². The van der Waals surface area contributed by atoms with Crippen molar-refractivity contribution >= 4 is 166 Å². The Bertz CT molecular complexity index is 6010. The lowest BCUT2D eigenvalue weighted by atomic mass is 9.98. The molecule has 662 valence electrons. The third-order valence-corrected chi connectivity index (χ3v) is 22.9. The molecule has 2 heterocycles. The number of methoxy groups -OCH3 is 5. The summed E-state index contributed by atoms with van der Waals surface area (Å²) < 4.78 is 52.1. The zero-order chi connectivity index (χ0) is 91.6. The van der Waals surface area contributed by atoms with E-state index in [1.54, 1.807) is 83.1 Å². The summed E-state index contributed by atoms with van der Waals surface area (Å²) in [5, 5.41) is 62.4. The predicted molar refractivity (Wildman–Crippen MR) is 517 cm³/mol. The van der Waals surface area contributed by atoms with Gasteiger partial charge >= 0.3 is 5.97 Å². The summed E-state index contributed by atoms with van der Waals surface area (Å²) in [6, 6.07) is 66.3. The molecule has 127 heavy (non-hydrogen) atoms. The van der Waals surface area contributed by atoms with Gasteiger partial charge in [0.15, 0.2) is 36.7 Å². The van der Waals surface area contributed by atoms with Crippen molar-refractivity contribution in [2.75, 3.05) is 117 Å². The molecule has 15 rings (SSSR count). The van der Waals surface area contributed by atoms with Gasteiger partial charge in [-0.1, -0.05) is 121 Å². The number of ether oxygens (including phenoxy) is 9. The van der Waals surface area contributed by atoms with Crippen LogP contribution in [0.2, 0.25) is 0 Å². The first kappa shape index (κ1) is 99.2. The van der Waals surface area contributed by atoms with Gasteiger partial charge in [-0.2, -0.15) is 0 Å². The Hall–Kier alpha value is -11.6. The molecule has 2 saturated heterocycles. The Balaban J connectivity index is 0.000000174. The maximum absolute atomic E-state index is 12.9. The summed E-state index contributed by atoms with van der Waals surface area (Å²) >= 11 is 13.7. The van der Waals surface area contributed by atoms with Crippen LogP contribution in [0, 0.1) is 34.6 Å². The molecule has 2 fully saturated rings. The first-order valence-corrected chi connectivity index (χ1v) is 43.4. The number of rotatable bonds is 25. The van der Waals surface area contributed by atoms with Crippen LogP contribution in [0.15, 0.2) is 242 Å². The number of benzene rings is 13. The summed E-state index contributed by atoms with van der Waals surface area (Å²) in [7, 11) is 7.92. The molecular weight excluding hydrogens is 1880 g/mol. The van der Waals surface area contributed by atoms with E-state index < -0.39 is 12.3 Å². The highest BCUT2D eigenvalue weighted by Gasteiger charge is 2.25. The predicted octanol–water partition coefficient (Wildman–Crippen LogP) is 22.2. The van der Waals surface area contributed by atoms with Gasteiger partial charge in [-0.05, 0) is 296 Å². The van der Waals surface area contributed by atoms with Crippen LogP contribution in [-0.2, 0) is 18.9 Å². The van der Waals surface area contributed by atoms with Gasteiger partial charge in [0, 0.05) is 88.0 Å². The van der Waals surface area contributed by atoms with Crippen LogP contribution in [0.25, 0.3) is 55.2 Å². The van der Waals surface area contributed by atoms with E-state index in [9.17, 15) is 29.1 Å². The van der Waals surface area contributed by atoms with E-state index in [0.29, 0.717) is 96.9 Å². The molecule has 13 aromatic rings. The number of aromatic carboxylic acids is 1. The van der Waals surface area contributed by atoms with Gasteiger partial charge in [-0.25, -0.2) is 4.79 Å². The lowest BCUT2D eigenvalue weighted by molar-refractivity contribution is -0.0448. The fourth-order valence-electron chi connectivity index (χ4n) is 13.3. The molecule has 2 aliphatic heterocycles. The van der Waals surface area contributed by atoms with E-state index in [1.165, 1.54) is 30.0 Å². The van der Waals surface area contributed by atoms with Crippen LogP contribution in [0.5, 0.6) is 34.5 Å². The largest absolute Gasteiger partial charge is 0.508 e. The molecule has 8 N–H and O–H groups in total. The van der Waals surface area contributed by atoms with Crippen molar-refractivity contribution in [1.82, 2.24) is 0 Å².